The van der Waals surface area contributed by atoms with E-state index < -0.39 is 0 Å². The SMILES string of the molecule is CCNC(=NCc1ccccc1C)NCCc1nccn1Cc1ccccc1.I. The zero-order valence-corrected chi connectivity index (χ0v) is 19.5. The van der Waals surface area contributed by atoms with E-state index in [-0.39, 0.29) is 24.0 Å². The van der Waals surface area contributed by atoms with Crippen LogP contribution < -0.4 is 10.6 Å². The maximum atomic E-state index is 4.72. The van der Waals surface area contributed by atoms with Gasteiger partial charge in [0.25, 0.3) is 0 Å². The van der Waals surface area contributed by atoms with Crippen molar-refractivity contribution >= 4 is 29.9 Å². The van der Waals surface area contributed by atoms with E-state index in [2.05, 4.69) is 82.6 Å². The standard InChI is InChI=1S/C23H29N5.HI/c1-3-24-23(27-17-21-12-8-7-9-19(21)2)26-14-13-22-25-15-16-28(22)18-20-10-5-4-6-11-20;/h4-12,15-16H,3,13-14,17-18H2,1-2H3,(H2,24,26,27);1H. The number of halogens is 1. The van der Waals surface area contributed by atoms with E-state index in [0.717, 1.165) is 37.8 Å². The molecule has 1 heterocycles. The van der Waals surface area contributed by atoms with E-state index in [4.69, 9.17) is 4.99 Å². The maximum absolute atomic E-state index is 4.72. The molecule has 0 aliphatic heterocycles. The molecule has 0 amide bonds. The summed E-state index contributed by atoms with van der Waals surface area (Å²) >= 11 is 0. The molecule has 0 aliphatic carbocycles. The molecule has 0 atom stereocenters. The van der Waals surface area contributed by atoms with E-state index in [1.165, 1.54) is 16.7 Å². The Balaban J connectivity index is 0.00000300. The number of imidazole rings is 1. The summed E-state index contributed by atoms with van der Waals surface area (Å²) < 4.78 is 2.20. The minimum atomic E-state index is 0. The highest BCUT2D eigenvalue weighted by Crippen LogP contribution is 2.08. The van der Waals surface area contributed by atoms with Crippen molar-refractivity contribution in [3.05, 3.63) is 89.5 Å². The molecule has 3 rings (SSSR count). The molecule has 0 unspecified atom stereocenters. The Morgan fingerprint density at radius 2 is 1.79 bits per heavy atom. The van der Waals surface area contributed by atoms with Gasteiger partial charge in [0.05, 0.1) is 6.54 Å². The monoisotopic (exact) mass is 503 g/mol. The minimum Gasteiger partial charge on any atom is -0.357 e. The van der Waals surface area contributed by atoms with Crippen molar-refractivity contribution in [2.24, 2.45) is 4.99 Å². The van der Waals surface area contributed by atoms with Gasteiger partial charge in [-0.2, -0.15) is 0 Å². The van der Waals surface area contributed by atoms with E-state index >= 15 is 0 Å². The van der Waals surface area contributed by atoms with Crippen molar-refractivity contribution in [2.45, 2.75) is 33.4 Å². The van der Waals surface area contributed by atoms with Gasteiger partial charge in [-0.25, -0.2) is 9.98 Å². The number of aryl methyl sites for hydroxylation is 1. The molecule has 154 valence electrons. The highest BCUT2D eigenvalue weighted by Gasteiger charge is 2.05. The summed E-state index contributed by atoms with van der Waals surface area (Å²) in [4.78, 5) is 9.24. The van der Waals surface area contributed by atoms with Crippen LogP contribution in [0.5, 0.6) is 0 Å². The van der Waals surface area contributed by atoms with Gasteiger partial charge < -0.3 is 15.2 Å². The lowest BCUT2D eigenvalue weighted by atomic mass is 10.1. The van der Waals surface area contributed by atoms with Crippen molar-refractivity contribution in [1.82, 2.24) is 20.2 Å². The van der Waals surface area contributed by atoms with Crippen molar-refractivity contribution in [3.8, 4) is 0 Å². The molecule has 0 saturated carbocycles. The molecule has 2 aromatic carbocycles. The number of hydrogen-bond donors (Lipinski definition) is 2. The van der Waals surface area contributed by atoms with Crippen LogP contribution in [0, 0.1) is 6.92 Å². The normalized spacial score (nSPS) is 11.0. The van der Waals surface area contributed by atoms with Gasteiger partial charge in [0, 0.05) is 38.4 Å². The Hall–Kier alpha value is -2.35. The second-order valence-corrected chi connectivity index (χ2v) is 6.76. The van der Waals surface area contributed by atoms with E-state index in [1.54, 1.807) is 0 Å². The lowest BCUT2D eigenvalue weighted by molar-refractivity contribution is 0.694. The van der Waals surface area contributed by atoms with Crippen LogP contribution in [-0.4, -0.2) is 28.6 Å². The second-order valence-electron chi connectivity index (χ2n) is 6.76. The van der Waals surface area contributed by atoms with Crippen LogP contribution in [0.3, 0.4) is 0 Å². The van der Waals surface area contributed by atoms with Crippen LogP contribution in [0.1, 0.15) is 29.4 Å². The molecule has 0 fully saturated rings. The first kappa shape index (κ1) is 22.9. The lowest BCUT2D eigenvalue weighted by Gasteiger charge is -2.13. The number of benzene rings is 2. The summed E-state index contributed by atoms with van der Waals surface area (Å²) in [6.07, 6.45) is 4.75. The number of guanidine groups is 1. The molecule has 0 bridgehead atoms. The first-order valence-corrected chi connectivity index (χ1v) is 9.87. The summed E-state index contributed by atoms with van der Waals surface area (Å²) in [7, 11) is 0. The predicted molar refractivity (Wildman–Crippen MR) is 131 cm³/mol. The van der Waals surface area contributed by atoms with Crippen molar-refractivity contribution < 1.29 is 0 Å². The fourth-order valence-corrected chi connectivity index (χ4v) is 3.08. The maximum Gasteiger partial charge on any atom is 0.191 e. The molecule has 6 heteroatoms. The Morgan fingerprint density at radius 1 is 1.03 bits per heavy atom. The number of rotatable bonds is 8. The topological polar surface area (TPSA) is 54.2 Å². The number of nitrogens with one attached hydrogen (secondary N) is 2. The summed E-state index contributed by atoms with van der Waals surface area (Å²) in [5.74, 6) is 1.91. The predicted octanol–water partition coefficient (Wildman–Crippen LogP) is 4.16. The first-order chi connectivity index (χ1) is 13.8. The molecule has 1 aromatic heterocycles. The van der Waals surface area contributed by atoms with Gasteiger partial charge in [-0.1, -0.05) is 54.6 Å². The summed E-state index contributed by atoms with van der Waals surface area (Å²) in [6, 6.07) is 18.8. The molecular weight excluding hydrogens is 473 g/mol. The van der Waals surface area contributed by atoms with Crippen LogP contribution in [-0.2, 0) is 19.5 Å². The number of hydrogen-bond acceptors (Lipinski definition) is 2. The molecule has 2 N–H and O–H groups in total. The van der Waals surface area contributed by atoms with Crippen molar-refractivity contribution in [3.63, 3.8) is 0 Å². The van der Waals surface area contributed by atoms with Gasteiger partial charge in [0.2, 0.25) is 0 Å². The number of nitrogens with zero attached hydrogens (tertiary/aromatic N) is 3. The smallest absolute Gasteiger partial charge is 0.191 e. The summed E-state index contributed by atoms with van der Waals surface area (Å²) in [5, 5.41) is 6.74. The highest BCUT2D eigenvalue weighted by molar-refractivity contribution is 14.0. The quantitative estimate of drug-likeness (QED) is 0.276. The van der Waals surface area contributed by atoms with E-state index in [1.807, 2.05) is 18.5 Å². The Bertz CT molecular complexity index is 889. The molecule has 5 nitrogen and oxygen atoms in total. The third-order valence-corrected chi connectivity index (χ3v) is 4.65. The third kappa shape index (κ3) is 7.20. The Labute approximate surface area is 190 Å². The summed E-state index contributed by atoms with van der Waals surface area (Å²) in [5.41, 5.74) is 3.80. The molecule has 29 heavy (non-hydrogen) atoms. The van der Waals surface area contributed by atoms with Gasteiger partial charge in [-0.3, -0.25) is 0 Å². The van der Waals surface area contributed by atoms with E-state index in [9.17, 15) is 0 Å². The molecule has 3 aromatic rings. The Morgan fingerprint density at radius 3 is 2.55 bits per heavy atom. The largest absolute Gasteiger partial charge is 0.357 e. The fourth-order valence-electron chi connectivity index (χ4n) is 3.08. The van der Waals surface area contributed by atoms with Crippen LogP contribution in [0.15, 0.2) is 72.0 Å². The fraction of sp³-hybridized carbons (Fsp3) is 0.304. The van der Waals surface area contributed by atoms with Crippen LogP contribution in [0.2, 0.25) is 0 Å². The van der Waals surface area contributed by atoms with Gasteiger partial charge in [0.1, 0.15) is 5.82 Å². The van der Waals surface area contributed by atoms with Gasteiger partial charge >= 0.3 is 0 Å². The third-order valence-electron chi connectivity index (χ3n) is 4.65. The first-order valence-electron chi connectivity index (χ1n) is 9.87. The lowest BCUT2D eigenvalue weighted by Crippen LogP contribution is -2.38. The molecule has 0 saturated heterocycles. The molecule has 0 radical (unpaired) electrons. The minimum absolute atomic E-state index is 0. The van der Waals surface area contributed by atoms with Gasteiger partial charge in [-0.15, -0.1) is 24.0 Å². The molecular formula is C23H30IN5. The Kier molecular flexibility index (Phi) is 9.70. The number of aromatic nitrogens is 2. The van der Waals surface area contributed by atoms with Crippen molar-refractivity contribution in [1.29, 1.82) is 0 Å². The van der Waals surface area contributed by atoms with Gasteiger partial charge in [0.15, 0.2) is 5.96 Å². The molecule has 0 aliphatic rings. The zero-order chi connectivity index (χ0) is 19.6. The van der Waals surface area contributed by atoms with Crippen LogP contribution in [0.25, 0.3) is 0 Å². The average Bonchev–Trinajstić information content (AvgIpc) is 3.15. The second kappa shape index (κ2) is 12.3. The van der Waals surface area contributed by atoms with Crippen LogP contribution in [0.4, 0.5) is 0 Å². The van der Waals surface area contributed by atoms with Crippen molar-refractivity contribution in [2.75, 3.05) is 13.1 Å². The van der Waals surface area contributed by atoms with Gasteiger partial charge in [-0.05, 0) is 30.5 Å². The highest BCUT2D eigenvalue weighted by atomic mass is 127. The molecule has 0 spiro atoms. The zero-order valence-electron chi connectivity index (χ0n) is 17.1. The number of aliphatic imine (C=N–C) groups is 1. The van der Waals surface area contributed by atoms with E-state index in [0.29, 0.717) is 6.54 Å². The summed E-state index contributed by atoms with van der Waals surface area (Å²) in [6.45, 7) is 7.34. The van der Waals surface area contributed by atoms with Crippen LogP contribution >= 0.6 is 24.0 Å². The average molecular weight is 503 g/mol.